The highest BCUT2D eigenvalue weighted by Crippen LogP contribution is 2.26. The fourth-order valence-corrected chi connectivity index (χ4v) is 2.20. The van der Waals surface area contributed by atoms with E-state index in [1.807, 2.05) is 19.1 Å². The molecule has 2 rings (SSSR count). The molecule has 1 aromatic carbocycles. The standard InChI is InChI=1S/C14H19ClN2O2/c1-9-3-4-12(15)13(7-9)19-10(2)14(18)17-11-5-6-16-8-11/h3-4,7,10-11,16H,5-6,8H2,1-2H3,(H,17,18)/t10-,11+/m1/s1. The SMILES string of the molecule is Cc1ccc(Cl)c(O[C@H](C)C(=O)N[C@H]2CCNC2)c1. The first kappa shape index (κ1) is 14.2. The highest BCUT2D eigenvalue weighted by molar-refractivity contribution is 6.32. The Hall–Kier alpha value is -1.26. The Morgan fingerprint density at radius 2 is 2.37 bits per heavy atom. The largest absolute Gasteiger partial charge is 0.479 e. The van der Waals surface area contributed by atoms with E-state index in [1.165, 1.54) is 0 Å². The molecule has 1 heterocycles. The molecule has 1 aliphatic heterocycles. The first-order valence-corrected chi connectivity index (χ1v) is 6.88. The highest BCUT2D eigenvalue weighted by Gasteiger charge is 2.21. The topological polar surface area (TPSA) is 50.4 Å². The van der Waals surface area contributed by atoms with E-state index in [2.05, 4.69) is 10.6 Å². The van der Waals surface area contributed by atoms with Gasteiger partial charge in [0.2, 0.25) is 0 Å². The van der Waals surface area contributed by atoms with Gasteiger partial charge in [-0.05, 0) is 44.5 Å². The van der Waals surface area contributed by atoms with Crippen LogP contribution in [0.3, 0.4) is 0 Å². The van der Waals surface area contributed by atoms with Crippen molar-refractivity contribution < 1.29 is 9.53 Å². The van der Waals surface area contributed by atoms with Crippen LogP contribution in [0.2, 0.25) is 5.02 Å². The maximum Gasteiger partial charge on any atom is 0.261 e. The number of benzene rings is 1. The van der Waals surface area contributed by atoms with Crippen LogP contribution in [-0.2, 0) is 4.79 Å². The number of rotatable bonds is 4. The maximum atomic E-state index is 12.0. The molecule has 4 nitrogen and oxygen atoms in total. The quantitative estimate of drug-likeness (QED) is 0.887. The van der Waals surface area contributed by atoms with Gasteiger partial charge in [0.05, 0.1) is 5.02 Å². The van der Waals surface area contributed by atoms with Crippen LogP contribution in [0.1, 0.15) is 18.9 Å². The summed E-state index contributed by atoms with van der Waals surface area (Å²) in [5, 5.41) is 6.69. The van der Waals surface area contributed by atoms with Gasteiger partial charge in [0.1, 0.15) is 5.75 Å². The van der Waals surface area contributed by atoms with Crippen molar-refractivity contribution in [3.05, 3.63) is 28.8 Å². The van der Waals surface area contributed by atoms with Crippen molar-refractivity contribution in [2.24, 2.45) is 0 Å². The van der Waals surface area contributed by atoms with Crippen LogP contribution in [0.5, 0.6) is 5.75 Å². The molecule has 2 atom stereocenters. The summed E-state index contributed by atoms with van der Waals surface area (Å²) in [6, 6.07) is 5.72. The molecule has 1 amide bonds. The summed E-state index contributed by atoms with van der Waals surface area (Å²) in [6.07, 6.45) is 0.406. The Bertz CT molecular complexity index is 459. The lowest BCUT2D eigenvalue weighted by molar-refractivity contribution is -0.127. The Balaban J connectivity index is 1.93. The molecule has 0 bridgehead atoms. The van der Waals surface area contributed by atoms with E-state index < -0.39 is 6.10 Å². The van der Waals surface area contributed by atoms with Crippen molar-refractivity contribution in [3.63, 3.8) is 0 Å². The van der Waals surface area contributed by atoms with E-state index >= 15 is 0 Å². The van der Waals surface area contributed by atoms with Crippen molar-refractivity contribution in [1.82, 2.24) is 10.6 Å². The van der Waals surface area contributed by atoms with Gasteiger partial charge < -0.3 is 15.4 Å². The zero-order valence-corrected chi connectivity index (χ0v) is 12.0. The van der Waals surface area contributed by atoms with E-state index in [4.69, 9.17) is 16.3 Å². The third-order valence-electron chi connectivity index (χ3n) is 3.17. The Morgan fingerprint density at radius 3 is 3.05 bits per heavy atom. The molecule has 5 heteroatoms. The molecule has 19 heavy (non-hydrogen) atoms. The van der Waals surface area contributed by atoms with Gasteiger partial charge in [-0.1, -0.05) is 17.7 Å². The van der Waals surface area contributed by atoms with Crippen LogP contribution < -0.4 is 15.4 Å². The summed E-state index contributed by atoms with van der Waals surface area (Å²) < 4.78 is 5.63. The average Bonchev–Trinajstić information content (AvgIpc) is 2.86. The third-order valence-corrected chi connectivity index (χ3v) is 3.48. The van der Waals surface area contributed by atoms with Crippen molar-refractivity contribution in [3.8, 4) is 5.75 Å². The van der Waals surface area contributed by atoms with Crippen LogP contribution >= 0.6 is 11.6 Å². The molecule has 0 saturated carbocycles. The van der Waals surface area contributed by atoms with Crippen LogP contribution in [0.25, 0.3) is 0 Å². The summed E-state index contributed by atoms with van der Waals surface area (Å²) in [7, 11) is 0. The fraction of sp³-hybridized carbons (Fsp3) is 0.500. The molecule has 1 aliphatic rings. The van der Waals surface area contributed by atoms with Gasteiger partial charge in [0.25, 0.3) is 5.91 Å². The molecule has 104 valence electrons. The molecule has 0 unspecified atom stereocenters. The number of halogens is 1. The van der Waals surface area contributed by atoms with Crippen LogP contribution in [0, 0.1) is 6.92 Å². The lowest BCUT2D eigenvalue weighted by Crippen LogP contribution is -2.43. The summed E-state index contributed by atoms with van der Waals surface area (Å²) in [4.78, 5) is 12.0. The van der Waals surface area contributed by atoms with E-state index in [0.29, 0.717) is 10.8 Å². The van der Waals surface area contributed by atoms with Gasteiger partial charge >= 0.3 is 0 Å². The van der Waals surface area contributed by atoms with E-state index in [9.17, 15) is 4.79 Å². The minimum absolute atomic E-state index is 0.105. The number of carbonyl (C=O) groups is 1. The summed E-state index contributed by atoms with van der Waals surface area (Å²) >= 11 is 6.05. The maximum absolute atomic E-state index is 12.0. The molecule has 2 N–H and O–H groups in total. The van der Waals surface area contributed by atoms with Gasteiger partial charge in [0.15, 0.2) is 6.10 Å². The Labute approximate surface area is 118 Å². The lowest BCUT2D eigenvalue weighted by atomic mass is 10.2. The summed E-state index contributed by atoms with van der Waals surface area (Å²) in [5.74, 6) is 0.445. The molecule has 1 aromatic rings. The minimum atomic E-state index is -0.556. The van der Waals surface area contributed by atoms with Gasteiger partial charge in [0, 0.05) is 12.6 Å². The molecule has 0 aromatic heterocycles. The van der Waals surface area contributed by atoms with Crippen LogP contribution in [0.15, 0.2) is 18.2 Å². The van der Waals surface area contributed by atoms with E-state index in [-0.39, 0.29) is 11.9 Å². The number of amides is 1. The second-order valence-corrected chi connectivity index (χ2v) is 5.30. The van der Waals surface area contributed by atoms with Crippen molar-refractivity contribution in [1.29, 1.82) is 0 Å². The number of aryl methyl sites for hydroxylation is 1. The normalized spacial score (nSPS) is 20.1. The zero-order valence-electron chi connectivity index (χ0n) is 11.2. The molecular weight excluding hydrogens is 264 g/mol. The second kappa shape index (κ2) is 6.26. The fourth-order valence-electron chi connectivity index (χ4n) is 2.04. The smallest absolute Gasteiger partial charge is 0.261 e. The third kappa shape index (κ3) is 3.85. The first-order valence-electron chi connectivity index (χ1n) is 6.50. The Kier molecular flexibility index (Phi) is 4.66. The number of carbonyl (C=O) groups excluding carboxylic acids is 1. The average molecular weight is 283 g/mol. The second-order valence-electron chi connectivity index (χ2n) is 4.89. The number of hydrogen-bond donors (Lipinski definition) is 2. The predicted octanol–water partition coefficient (Wildman–Crippen LogP) is 1.89. The van der Waals surface area contributed by atoms with Gasteiger partial charge in [-0.3, -0.25) is 4.79 Å². The first-order chi connectivity index (χ1) is 9.06. The molecule has 1 fully saturated rings. The van der Waals surface area contributed by atoms with Gasteiger partial charge in [-0.2, -0.15) is 0 Å². The van der Waals surface area contributed by atoms with E-state index in [0.717, 1.165) is 25.1 Å². The van der Waals surface area contributed by atoms with Crippen molar-refractivity contribution in [2.75, 3.05) is 13.1 Å². The predicted molar refractivity (Wildman–Crippen MR) is 75.7 cm³/mol. The number of hydrogen-bond acceptors (Lipinski definition) is 3. The van der Waals surface area contributed by atoms with Crippen molar-refractivity contribution >= 4 is 17.5 Å². The van der Waals surface area contributed by atoms with Crippen LogP contribution in [0.4, 0.5) is 0 Å². The summed E-state index contributed by atoms with van der Waals surface area (Å²) in [6.45, 7) is 5.46. The Morgan fingerprint density at radius 1 is 1.58 bits per heavy atom. The van der Waals surface area contributed by atoms with Gasteiger partial charge in [-0.15, -0.1) is 0 Å². The minimum Gasteiger partial charge on any atom is -0.479 e. The molecule has 0 radical (unpaired) electrons. The number of nitrogens with one attached hydrogen (secondary N) is 2. The molecule has 0 spiro atoms. The molecular formula is C14H19ClN2O2. The van der Waals surface area contributed by atoms with E-state index in [1.54, 1.807) is 13.0 Å². The summed E-state index contributed by atoms with van der Waals surface area (Å²) in [5.41, 5.74) is 1.05. The zero-order chi connectivity index (χ0) is 13.8. The van der Waals surface area contributed by atoms with Crippen molar-refractivity contribution in [2.45, 2.75) is 32.4 Å². The van der Waals surface area contributed by atoms with Crippen LogP contribution in [-0.4, -0.2) is 31.1 Å². The monoisotopic (exact) mass is 282 g/mol. The molecule has 0 aliphatic carbocycles. The highest BCUT2D eigenvalue weighted by atomic mass is 35.5. The molecule has 1 saturated heterocycles. The van der Waals surface area contributed by atoms with Gasteiger partial charge in [-0.25, -0.2) is 0 Å². The lowest BCUT2D eigenvalue weighted by Gasteiger charge is -2.18. The number of ether oxygens (including phenoxy) is 1.